The van der Waals surface area contributed by atoms with Gasteiger partial charge in [-0.25, -0.2) is 8.42 Å². The van der Waals surface area contributed by atoms with Gasteiger partial charge in [0.25, 0.3) is 0 Å². The van der Waals surface area contributed by atoms with Crippen LogP contribution in [0.1, 0.15) is 22.3 Å². The molecule has 3 nitrogen and oxygen atoms in total. The average molecular weight is 465 g/mol. The first-order valence-electron chi connectivity index (χ1n) is 10.6. The first-order chi connectivity index (χ1) is 15.5. The van der Waals surface area contributed by atoms with Crippen LogP contribution in [-0.2, 0) is 34.8 Å². The van der Waals surface area contributed by atoms with E-state index in [1.54, 1.807) is 12.1 Å². The first-order valence-corrected chi connectivity index (χ1v) is 12.0. The van der Waals surface area contributed by atoms with E-state index in [1.165, 1.54) is 6.07 Å². The van der Waals surface area contributed by atoms with Gasteiger partial charge in [-0.05, 0) is 47.6 Å². The molecule has 0 saturated heterocycles. The van der Waals surface area contributed by atoms with Gasteiger partial charge in [-0.15, -0.1) is 0 Å². The van der Waals surface area contributed by atoms with Crippen molar-refractivity contribution in [2.75, 3.05) is 0 Å². The third-order valence-corrected chi connectivity index (χ3v) is 6.78. The Labute approximate surface area is 218 Å². The summed E-state index contributed by atoms with van der Waals surface area (Å²) in [5.41, 5.74) is 3.23. The van der Waals surface area contributed by atoms with Gasteiger partial charge in [-0.2, -0.15) is 0 Å². The van der Waals surface area contributed by atoms with Crippen LogP contribution in [0.25, 0.3) is 0 Å². The monoisotopic (exact) mass is 464 g/mol. The number of benzene rings is 4. The van der Waals surface area contributed by atoms with Crippen molar-refractivity contribution < 1.29 is 42.5 Å². The zero-order chi connectivity index (χ0) is 22.4. The molecule has 0 aliphatic carbocycles. The van der Waals surface area contributed by atoms with E-state index in [2.05, 4.69) is 36.4 Å². The minimum atomic E-state index is -4.64. The van der Waals surface area contributed by atoms with Crippen LogP contribution in [0.3, 0.4) is 0 Å². The summed E-state index contributed by atoms with van der Waals surface area (Å²) in [5, 5.41) is 0. The summed E-state index contributed by atoms with van der Waals surface area (Å²) < 4.78 is 36.9. The third-order valence-electron chi connectivity index (χ3n) is 5.88. The summed E-state index contributed by atoms with van der Waals surface area (Å²) >= 11 is 0. The fourth-order valence-electron chi connectivity index (χ4n) is 4.56. The molecule has 0 aromatic heterocycles. The zero-order valence-corrected chi connectivity index (χ0v) is 21.5. The summed E-state index contributed by atoms with van der Waals surface area (Å²) in [7, 11) is -4.64. The molecule has 0 radical (unpaired) electrons. The van der Waals surface area contributed by atoms with Crippen molar-refractivity contribution in [1.29, 1.82) is 0 Å². The van der Waals surface area contributed by atoms with Gasteiger partial charge in [-0.3, -0.25) is 0 Å². The quantitative estimate of drug-likeness (QED) is 0.298. The Bertz CT molecular complexity index is 1160. The molecule has 4 aromatic rings. The van der Waals surface area contributed by atoms with Crippen LogP contribution >= 0.6 is 0 Å². The van der Waals surface area contributed by atoms with Crippen LogP contribution in [0.2, 0.25) is 0 Å². The summed E-state index contributed by atoms with van der Waals surface area (Å²) in [6.45, 7) is 0. The summed E-state index contributed by atoms with van der Waals surface area (Å²) in [6, 6.07) is 36.8. The fourth-order valence-corrected chi connectivity index (χ4v) is 5.35. The van der Waals surface area contributed by atoms with E-state index >= 15 is 0 Å². The summed E-state index contributed by atoms with van der Waals surface area (Å²) in [4.78, 5) is -0.136. The molecule has 0 atom stereocenters. The Morgan fingerprint density at radius 3 is 1.24 bits per heavy atom. The minimum absolute atomic E-state index is 0. The second-order valence-electron chi connectivity index (χ2n) is 8.22. The summed E-state index contributed by atoms with van der Waals surface area (Å²) in [6.07, 6.45) is 1.80. The van der Waals surface area contributed by atoms with Crippen LogP contribution < -0.4 is 29.6 Å². The molecule has 5 heteroatoms. The predicted molar refractivity (Wildman–Crippen MR) is 127 cm³/mol. The second-order valence-corrected chi connectivity index (χ2v) is 9.57. The van der Waals surface area contributed by atoms with E-state index in [9.17, 15) is 13.0 Å². The molecule has 0 heterocycles. The smallest absolute Gasteiger partial charge is 0.744 e. The Kier molecular flexibility index (Phi) is 8.69. The van der Waals surface area contributed by atoms with Crippen molar-refractivity contribution in [2.24, 2.45) is 0 Å². The summed E-state index contributed by atoms with van der Waals surface area (Å²) in [5.74, 6) is 0. The van der Waals surface area contributed by atoms with Crippen LogP contribution in [0.5, 0.6) is 0 Å². The molecular formula is C28H25NaO3S. The van der Waals surface area contributed by atoms with E-state index in [0.29, 0.717) is 24.8 Å². The Hall–Kier alpha value is -2.21. The average Bonchev–Trinajstić information content (AvgIpc) is 2.80. The van der Waals surface area contributed by atoms with Crippen molar-refractivity contribution in [2.45, 2.75) is 29.6 Å². The molecule has 0 fully saturated rings. The molecule has 4 rings (SSSR count). The normalized spacial score (nSPS) is 11.5. The van der Waals surface area contributed by atoms with Crippen molar-refractivity contribution in [3.05, 3.63) is 138 Å². The van der Waals surface area contributed by atoms with Crippen molar-refractivity contribution >= 4 is 10.1 Å². The number of hydrogen-bond donors (Lipinski definition) is 0. The maximum absolute atomic E-state index is 12.3. The number of rotatable bonds is 8. The van der Waals surface area contributed by atoms with Crippen molar-refractivity contribution in [1.82, 2.24) is 0 Å². The van der Waals surface area contributed by atoms with Gasteiger partial charge < -0.3 is 4.55 Å². The van der Waals surface area contributed by atoms with Gasteiger partial charge in [0.15, 0.2) is 0 Å². The van der Waals surface area contributed by atoms with E-state index in [1.807, 2.05) is 60.7 Å². The largest absolute Gasteiger partial charge is 1.00 e. The predicted octanol–water partition coefficient (Wildman–Crippen LogP) is 2.56. The molecule has 0 aliphatic heterocycles. The first kappa shape index (κ1) is 25.4. The molecule has 162 valence electrons. The topological polar surface area (TPSA) is 57.2 Å². The SMILES string of the molecule is O=S(=O)([O-])c1ccccc1C(Cc1ccccc1)(Cc1ccccc1)Cc1ccccc1.[Na+]. The number of hydrogen-bond acceptors (Lipinski definition) is 3. The minimum Gasteiger partial charge on any atom is -0.744 e. The van der Waals surface area contributed by atoms with E-state index in [-0.39, 0.29) is 34.5 Å². The molecule has 0 saturated carbocycles. The maximum Gasteiger partial charge on any atom is 1.00 e. The molecule has 0 unspecified atom stereocenters. The Morgan fingerprint density at radius 1 is 0.545 bits per heavy atom. The fraction of sp³-hybridized carbons (Fsp3) is 0.143. The zero-order valence-electron chi connectivity index (χ0n) is 18.7. The molecule has 0 spiro atoms. The van der Waals surface area contributed by atoms with E-state index in [4.69, 9.17) is 0 Å². The maximum atomic E-state index is 12.3. The van der Waals surface area contributed by atoms with Crippen molar-refractivity contribution in [3.8, 4) is 0 Å². The van der Waals surface area contributed by atoms with Crippen molar-refractivity contribution in [3.63, 3.8) is 0 Å². The van der Waals surface area contributed by atoms with Gasteiger partial charge in [0.1, 0.15) is 10.1 Å². The van der Waals surface area contributed by atoms with Gasteiger partial charge >= 0.3 is 29.6 Å². The molecule has 4 aromatic carbocycles. The molecule has 0 bridgehead atoms. The van der Waals surface area contributed by atoms with Crippen LogP contribution in [-0.4, -0.2) is 13.0 Å². The second kappa shape index (κ2) is 11.3. The molecule has 0 aliphatic rings. The molecule has 0 N–H and O–H groups in total. The molecular weight excluding hydrogens is 439 g/mol. The van der Waals surface area contributed by atoms with Gasteiger partial charge in [0, 0.05) is 5.41 Å². The molecule has 33 heavy (non-hydrogen) atoms. The van der Waals surface area contributed by atoms with Crippen LogP contribution in [0.15, 0.2) is 120 Å². The molecule has 0 amide bonds. The van der Waals surface area contributed by atoms with E-state index < -0.39 is 15.5 Å². The van der Waals surface area contributed by atoms with Gasteiger partial charge in [0.2, 0.25) is 0 Å². The van der Waals surface area contributed by atoms with Crippen LogP contribution in [0, 0.1) is 0 Å². The van der Waals surface area contributed by atoms with E-state index in [0.717, 1.165) is 16.7 Å². The van der Waals surface area contributed by atoms with Crippen LogP contribution in [0.4, 0.5) is 0 Å². The Balaban J connectivity index is 0.00000306. The Morgan fingerprint density at radius 2 is 0.879 bits per heavy atom. The van der Waals surface area contributed by atoms with Gasteiger partial charge in [0.05, 0.1) is 4.90 Å². The third kappa shape index (κ3) is 6.44. The van der Waals surface area contributed by atoms with Gasteiger partial charge in [-0.1, -0.05) is 109 Å². The standard InChI is InChI=1S/C28H26O3S.Na/c29-32(30,31)27-19-11-10-18-26(27)28(20-23-12-4-1-5-13-23,21-24-14-6-2-7-15-24)22-25-16-8-3-9-17-25;/h1-19H,20-22H2,(H,29,30,31);/q;+1/p-1.